The normalized spacial score (nSPS) is 24.2. The average molecular weight is 407 g/mol. The minimum absolute atomic E-state index is 0.847. The van der Waals surface area contributed by atoms with E-state index in [2.05, 4.69) is 54.9 Å². The summed E-state index contributed by atoms with van der Waals surface area (Å²) in [6.45, 7) is 11.5. The highest BCUT2D eigenvalue weighted by atomic mass is 15.1. The predicted molar refractivity (Wildman–Crippen MR) is 127 cm³/mol. The van der Waals surface area contributed by atoms with E-state index in [-0.39, 0.29) is 0 Å². The molecule has 1 saturated carbocycles. The minimum atomic E-state index is 0.847. The second-order valence-electron chi connectivity index (χ2n) is 8.88. The third-order valence-electron chi connectivity index (χ3n) is 6.79. The third-order valence-corrected chi connectivity index (χ3v) is 6.79. The van der Waals surface area contributed by atoms with Gasteiger partial charge in [0.25, 0.3) is 0 Å². The van der Waals surface area contributed by atoms with Crippen molar-refractivity contribution in [3.8, 4) is 0 Å². The van der Waals surface area contributed by atoms with Crippen LogP contribution in [0.25, 0.3) is 0 Å². The number of aromatic amines is 1. The third kappa shape index (κ3) is 11.8. The van der Waals surface area contributed by atoms with Crippen LogP contribution in [0.3, 0.4) is 0 Å². The van der Waals surface area contributed by atoms with E-state index in [1.54, 1.807) is 6.33 Å². The monoisotopic (exact) mass is 406 g/mol. The van der Waals surface area contributed by atoms with Crippen molar-refractivity contribution in [3.63, 3.8) is 0 Å². The van der Waals surface area contributed by atoms with Crippen LogP contribution in [0.1, 0.15) is 104 Å². The van der Waals surface area contributed by atoms with Crippen molar-refractivity contribution in [3.05, 3.63) is 18.2 Å². The molecule has 0 amide bonds. The summed E-state index contributed by atoms with van der Waals surface area (Å²) in [6.07, 6.45) is 20.3. The van der Waals surface area contributed by atoms with E-state index in [1.807, 2.05) is 6.20 Å². The first-order valence-corrected chi connectivity index (χ1v) is 12.5. The van der Waals surface area contributed by atoms with Crippen molar-refractivity contribution in [1.29, 1.82) is 0 Å². The van der Waals surface area contributed by atoms with Gasteiger partial charge >= 0.3 is 0 Å². The van der Waals surface area contributed by atoms with Crippen molar-refractivity contribution in [2.45, 2.75) is 117 Å². The fourth-order valence-electron chi connectivity index (χ4n) is 4.50. The number of hydrogen-bond donors (Lipinski definition) is 2. The van der Waals surface area contributed by atoms with Crippen molar-refractivity contribution in [2.24, 2.45) is 5.92 Å². The lowest BCUT2D eigenvalue weighted by atomic mass is 10.1. The molecule has 1 aromatic heterocycles. The van der Waals surface area contributed by atoms with Crippen molar-refractivity contribution in [1.82, 2.24) is 20.2 Å². The summed E-state index contributed by atoms with van der Waals surface area (Å²) in [5.74, 6) is 1.10. The molecule has 2 aliphatic heterocycles. The number of rotatable bonds is 4. The summed E-state index contributed by atoms with van der Waals surface area (Å²) in [7, 11) is 2.22. The lowest BCUT2D eigenvalue weighted by molar-refractivity contribution is 0.304. The average Bonchev–Trinajstić information content (AvgIpc) is 3.57. The zero-order chi connectivity index (χ0) is 21.3. The van der Waals surface area contributed by atoms with E-state index in [0.717, 1.165) is 24.4 Å². The molecule has 170 valence electrons. The lowest BCUT2D eigenvalue weighted by Crippen LogP contribution is -2.23. The van der Waals surface area contributed by atoms with Gasteiger partial charge in [-0.2, -0.15) is 0 Å². The summed E-state index contributed by atoms with van der Waals surface area (Å²) in [6, 6.07) is 1.75. The van der Waals surface area contributed by atoms with Gasteiger partial charge in [0.05, 0.1) is 6.33 Å². The van der Waals surface area contributed by atoms with Gasteiger partial charge in [0.2, 0.25) is 0 Å². The number of nitrogens with zero attached hydrogens (tertiary/aromatic N) is 2. The molecule has 1 aromatic rings. The maximum atomic E-state index is 3.84. The zero-order valence-corrected chi connectivity index (χ0v) is 20.2. The van der Waals surface area contributed by atoms with Gasteiger partial charge in [0.1, 0.15) is 0 Å². The number of aromatic nitrogens is 2. The maximum Gasteiger partial charge on any atom is 0.0921 e. The largest absolute Gasteiger partial charge is 0.349 e. The summed E-state index contributed by atoms with van der Waals surface area (Å²) in [4.78, 5) is 9.27. The first-order valence-electron chi connectivity index (χ1n) is 12.5. The highest BCUT2D eigenvalue weighted by Crippen LogP contribution is 2.26. The van der Waals surface area contributed by atoms with Crippen LogP contribution in [0.2, 0.25) is 0 Å². The van der Waals surface area contributed by atoms with Gasteiger partial charge in [-0.05, 0) is 71.0 Å². The molecular formula is C25H50N4. The van der Waals surface area contributed by atoms with Crippen LogP contribution < -0.4 is 5.32 Å². The Balaban J connectivity index is 0.000000194. The van der Waals surface area contributed by atoms with Crippen molar-refractivity contribution in [2.75, 3.05) is 20.1 Å². The summed E-state index contributed by atoms with van der Waals surface area (Å²) >= 11 is 0. The predicted octanol–water partition coefficient (Wildman–Crippen LogP) is 6.20. The molecule has 3 heterocycles. The fraction of sp³-hybridized carbons (Fsp3) is 0.880. The Morgan fingerprint density at radius 2 is 1.69 bits per heavy atom. The lowest BCUT2D eigenvalue weighted by Gasteiger charge is -2.16. The Labute approximate surface area is 181 Å². The standard InChI is InChI=1S/C7H15N.C7H14.C6H13N.C5H8N2/c1-3-7-5-4-6-8(7)2;1-2-7-5-3-4-6-7;1-2-6-4-3-5-7-6;1-2-5-3-6-4-7-5/h7H,3-6H2,1-2H3;7H,2-6H2,1H3;6-7H,2-5H2,1H3;3-4H,2H2,1H3,(H,6,7). The Bertz CT molecular complexity index is 431. The number of likely N-dealkylation sites (tertiary alicyclic amines) is 1. The second-order valence-corrected chi connectivity index (χ2v) is 8.88. The van der Waals surface area contributed by atoms with Crippen LogP contribution in [0.5, 0.6) is 0 Å². The highest BCUT2D eigenvalue weighted by Gasteiger charge is 2.17. The topological polar surface area (TPSA) is 44.0 Å². The molecule has 4 nitrogen and oxygen atoms in total. The number of aryl methyl sites for hydroxylation is 1. The molecule has 0 radical (unpaired) electrons. The van der Waals surface area contributed by atoms with E-state index in [0.29, 0.717) is 0 Å². The zero-order valence-electron chi connectivity index (χ0n) is 20.2. The van der Waals surface area contributed by atoms with Crippen molar-refractivity contribution < 1.29 is 0 Å². The molecule has 4 heteroatoms. The van der Waals surface area contributed by atoms with E-state index in [4.69, 9.17) is 0 Å². The number of imidazole rings is 1. The molecular weight excluding hydrogens is 356 g/mol. The molecule has 1 aliphatic carbocycles. The molecule has 2 unspecified atom stereocenters. The Morgan fingerprint density at radius 3 is 1.97 bits per heavy atom. The first kappa shape index (κ1) is 26.2. The summed E-state index contributed by atoms with van der Waals surface area (Å²) in [5.41, 5.74) is 1.19. The van der Waals surface area contributed by atoms with E-state index in [1.165, 1.54) is 89.4 Å². The van der Waals surface area contributed by atoms with Crippen LogP contribution in [-0.4, -0.2) is 47.1 Å². The quantitative estimate of drug-likeness (QED) is 0.626. The highest BCUT2D eigenvalue weighted by molar-refractivity contribution is 4.92. The Kier molecular flexibility index (Phi) is 15.2. The number of hydrogen-bond acceptors (Lipinski definition) is 3. The van der Waals surface area contributed by atoms with Crippen LogP contribution in [0, 0.1) is 5.92 Å². The molecule has 2 N–H and O–H groups in total. The fourth-order valence-corrected chi connectivity index (χ4v) is 4.50. The maximum absolute atomic E-state index is 3.84. The molecule has 3 fully saturated rings. The van der Waals surface area contributed by atoms with Gasteiger partial charge in [-0.15, -0.1) is 0 Å². The van der Waals surface area contributed by atoms with E-state index < -0.39 is 0 Å². The molecule has 2 atom stereocenters. The van der Waals surface area contributed by atoms with Gasteiger partial charge in [-0.1, -0.05) is 59.8 Å². The minimum Gasteiger partial charge on any atom is -0.349 e. The van der Waals surface area contributed by atoms with E-state index >= 15 is 0 Å². The molecule has 2 saturated heterocycles. The number of H-pyrrole nitrogens is 1. The number of nitrogens with one attached hydrogen (secondary N) is 2. The summed E-state index contributed by atoms with van der Waals surface area (Å²) in [5, 5.41) is 3.41. The van der Waals surface area contributed by atoms with Crippen LogP contribution >= 0.6 is 0 Å². The van der Waals surface area contributed by atoms with Gasteiger partial charge in [-0.25, -0.2) is 4.98 Å². The smallest absolute Gasteiger partial charge is 0.0921 e. The SMILES string of the molecule is CCC1CCCC1.CCC1CCCN1.CCC1CCCN1C.CCc1cnc[nH]1. The second kappa shape index (κ2) is 16.9. The molecule has 4 rings (SSSR count). The van der Waals surface area contributed by atoms with Gasteiger partial charge < -0.3 is 15.2 Å². The molecule has 0 bridgehead atoms. The molecule has 3 aliphatic rings. The van der Waals surface area contributed by atoms with E-state index in [9.17, 15) is 0 Å². The van der Waals surface area contributed by atoms with Crippen LogP contribution in [-0.2, 0) is 6.42 Å². The van der Waals surface area contributed by atoms with Crippen molar-refractivity contribution >= 4 is 0 Å². The van der Waals surface area contributed by atoms with Crippen LogP contribution in [0.4, 0.5) is 0 Å². The molecule has 29 heavy (non-hydrogen) atoms. The Morgan fingerprint density at radius 1 is 0.931 bits per heavy atom. The van der Waals surface area contributed by atoms with Gasteiger partial charge in [0.15, 0.2) is 0 Å². The molecule has 0 spiro atoms. The Hall–Kier alpha value is -0.870. The first-order chi connectivity index (χ1) is 14.1. The molecule has 0 aromatic carbocycles. The van der Waals surface area contributed by atoms with Crippen LogP contribution in [0.15, 0.2) is 12.5 Å². The van der Waals surface area contributed by atoms with Gasteiger partial charge in [-0.3, -0.25) is 0 Å². The van der Waals surface area contributed by atoms with Gasteiger partial charge in [0, 0.05) is 24.0 Å². The summed E-state index contributed by atoms with van der Waals surface area (Å²) < 4.78 is 0.